The van der Waals surface area contributed by atoms with Crippen LogP contribution in [0.25, 0.3) is 0 Å². The summed E-state index contributed by atoms with van der Waals surface area (Å²) in [7, 11) is -4.01. The average molecular weight is 202 g/mol. The van der Waals surface area contributed by atoms with Crippen LogP contribution >= 0.6 is 0 Å². The van der Waals surface area contributed by atoms with Crippen molar-refractivity contribution in [2.24, 2.45) is 5.92 Å². The molecule has 0 bridgehead atoms. The van der Waals surface area contributed by atoms with E-state index < -0.39 is 10.1 Å². The molecule has 0 heterocycles. The first-order valence-corrected chi connectivity index (χ1v) is 5.62. The van der Waals surface area contributed by atoms with Crippen LogP contribution in [-0.4, -0.2) is 13.0 Å². The predicted octanol–water partition coefficient (Wildman–Crippen LogP) is 2.13. The molecule has 0 radical (unpaired) electrons. The smallest absolute Gasteiger partial charge is 0.282 e. The molecule has 1 aliphatic rings. The van der Waals surface area contributed by atoms with Gasteiger partial charge in [0.1, 0.15) is 0 Å². The summed E-state index contributed by atoms with van der Waals surface area (Å²) in [5.74, 6) is -0.111. The van der Waals surface area contributed by atoms with Crippen LogP contribution in [0.2, 0.25) is 0 Å². The summed E-state index contributed by atoms with van der Waals surface area (Å²) in [4.78, 5) is 0.165. The lowest BCUT2D eigenvalue weighted by Crippen LogP contribution is -2.15. The van der Waals surface area contributed by atoms with Crippen LogP contribution < -0.4 is 0 Å². The Bertz CT molecular complexity index is 374. The number of allylic oxidation sites excluding steroid dienone is 4. The van der Waals surface area contributed by atoms with Crippen molar-refractivity contribution in [1.29, 1.82) is 0 Å². The van der Waals surface area contributed by atoms with E-state index in [0.717, 1.165) is 5.57 Å². The zero-order chi connectivity index (χ0) is 10.2. The summed E-state index contributed by atoms with van der Waals surface area (Å²) in [5.41, 5.74) is 1.80. The minimum absolute atomic E-state index is 0.111. The van der Waals surface area contributed by atoms with Gasteiger partial charge in [-0.1, -0.05) is 18.6 Å². The zero-order valence-corrected chi connectivity index (χ0v) is 8.85. The van der Waals surface area contributed by atoms with Crippen molar-refractivity contribution >= 4 is 10.1 Å². The lowest BCUT2D eigenvalue weighted by Gasteiger charge is -2.20. The van der Waals surface area contributed by atoms with E-state index in [0.29, 0.717) is 12.0 Å². The third-order valence-corrected chi connectivity index (χ3v) is 3.49. The molecule has 13 heavy (non-hydrogen) atoms. The maximum Gasteiger partial charge on any atom is 0.291 e. The van der Waals surface area contributed by atoms with Crippen LogP contribution in [-0.2, 0) is 10.1 Å². The van der Waals surface area contributed by atoms with Crippen molar-refractivity contribution in [3.05, 3.63) is 22.1 Å². The molecule has 0 unspecified atom stereocenters. The van der Waals surface area contributed by atoms with Gasteiger partial charge in [0.2, 0.25) is 0 Å². The van der Waals surface area contributed by atoms with Gasteiger partial charge in [-0.15, -0.1) is 0 Å². The second kappa shape index (κ2) is 3.27. The maximum absolute atomic E-state index is 11.0. The van der Waals surface area contributed by atoms with Crippen molar-refractivity contribution in [2.45, 2.75) is 27.2 Å². The Morgan fingerprint density at radius 1 is 1.46 bits per heavy atom. The normalized spacial score (nSPS) is 24.6. The number of rotatable bonds is 1. The Hall–Kier alpha value is -0.610. The summed E-state index contributed by atoms with van der Waals surface area (Å²) >= 11 is 0. The molecule has 0 aliphatic heterocycles. The second-order valence-corrected chi connectivity index (χ2v) is 5.01. The predicted molar refractivity (Wildman–Crippen MR) is 51.8 cm³/mol. The van der Waals surface area contributed by atoms with Gasteiger partial charge in [-0.2, -0.15) is 8.42 Å². The standard InChI is InChI=1S/C9H14O3S/c1-6-4-7(2)9(8(3)5-6)13(10,11)12/h4,8H,5H2,1-3H3,(H,10,11,12)/t8-/m1/s1. The third kappa shape index (κ3) is 2.19. The minimum Gasteiger partial charge on any atom is -0.282 e. The Balaban J connectivity index is 3.28. The third-order valence-electron chi connectivity index (χ3n) is 2.21. The fraction of sp³-hybridized carbons (Fsp3) is 0.556. The molecule has 0 spiro atoms. The van der Waals surface area contributed by atoms with E-state index in [2.05, 4.69) is 0 Å². The van der Waals surface area contributed by atoms with Crippen LogP contribution in [0.4, 0.5) is 0 Å². The first kappa shape index (κ1) is 10.5. The summed E-state index contributed by atoms with van der Waals surface area (Å²) in [5, 5.41) is 0. The van der Waals surface area contributed by atoms with E-state index in [4.69, 9.17) is 4.55 Å². The lowest BCUT2D eigenvalue weighted by molar-refractivity contribution is 0.481. The van der Waals surface area contributed by atoms with Crippen LogP contribution in [0, 0.1) is 5.92 Å². The highest BCUT2D eigenvalue weighted by atomic mass is 32.2. The summed E-state index contributed by atoms with van der Waals surface area (Å²) in [6.45, 7) is 5.48. The van der Waals surface area contributed by atoms with E-state index in [1.165, 1.54) is 0 Å². The monoisotopic (exact) mass is 202 g/mol. The summed E-state index contributed by atoms with van der Waals surface area (Å²) in [6.07, 6.45) is 2.51. The molecule has 0 saturated heterocycles. The van der Waals surface area contributed by atoms with Gasteiger partial charge >= 0.3 is 0 Å². The van der Waals surface area contributed by atoms with Gasteiger partial charge in [-0.25, -0.2) is 0 Å². The first-order valence-electron chi connectivity index (χ1n) is 4.18. The van der Waals surface area contributed by atoms with Gasteiger partial charge in [0.15, 0.2) is 0 Å². The van der Waals surface area contributed by atoms with E-state index >= 15 is 0 Å². The van der Waals surface area contributed by atoms with Crippen LogP contribution in [0.1, 0.15) is 27.2 Å². The molecule has 74 valence electrons. The summed E-state index contributed by atoms with van der Waals surface area (Å²) in [6, 6.07) is 0. The highest BCUT2D eigenvalue weighted by Crippen LogP contribution is 2.31. The van der Waals surface area contributed by atoms with Gasteiger partial charge in [-0.05, 0) is 31.8 Å². The van der Waals surface area contributed by atoms with Crippen molar-refractivity contribution in [3.63, 3.8) is 0 Å². The lowest BCUT2D eigenvalue weighted by atomic mass is 9.93. The molecule has 1 atom stereocenters. The van der Waals surface area contributed by atoms with E-state index in [-0.39, 0.29) is 10.8 Å². The van der Waals surface area contributed by atoms with Crippen molar-refractivity contribution in [1.82, 2.24) is 0 Å². The van der Waals surface area contributed by atoms with Crippen LogP contribution in [0.15, 0.2) is 22.1 Å². The number of hydrogen-bond acceptors (Lipinski definition) is 2. The Morgan fingerprint density at radius 3 is 2.38 bits per heavy atom. The highest BCUT2D eigenvalue weighted by molar-refractivity contribution is 7.89. The minimum atomic E-state index is -4.01. The van der Waals surface area contributed by atoms with Crippen molar-refractivity contribution in [3.8, 4) is 0 Å². The molecule has 0 aromatic heterocycles. The SMILES string of the molecule is CC1=CC(C)=C(S(=O)(=O)O)[C@H](C)C1. The van der Waals surface area contributed by atoms with Crippen LogP contribution in [0.5, 0.6) is 0 Å². The molecular weight excluding hydrogens is 188 g/mol. The molecule has 1 rings (SSSR count). The molecule has 0 amide bonds. The average Bonchev–Trinajstić information content (AvgIpc) is 1.78. The zero-order valence-electron chi connectivity index (χ0n) is 8.03. The molecule has 0 fully saturated rings. The Morgan fingerprint density at radius 2 is 2.00 bits per heavy atom. The topological polar surface area (TPSA) is 54.4 Å². The van der Waals surface area contributed by atoms with Crippen LogP contribution in [0.3, 0.4) is 0 Å². The highest BCUT2D eigenvalue weighted by Gasteiger charge is 2.25. The maximum atomic E-state index is 11.0. The van der Waals surface area contributed by atoms with Gasteiger partial charge in [0.25, 0.3) is 10.1 Å². The molecule has 4 heteroatoms. The molecule has 3 nitrogen and oxygen atoms in total. The molecule has 0 aromatic rings. The van der Waals surface area contributed by atoms with Crippen molar-refractivity contribution < 1.29 is 13.0 Å². The van der Waals surface area contributed by atoms with E-state index in [9.17, 15) is 8.42 Å². The Labute approximate surface area is 78.9 Å². The van der Waals surface area contributed by atoms with Gasteiger partial charge in [-0.3, -0.25) is 4.55 Å². The molecule has 0 saturated carbocycles. The van der Waals surface area contributed by atoms with Crippen molar-refractivity contribution in [2.75, 3.05) is 0 Å². The molecule has 1 N–H and O–H groups in total. The molecule has 1 aliphatic carbocycles. The summed E-state index contributed by atoms with van der Waals surface area (Å²) < 4.78 is 30.9. The van der Waals surface area contributed by atoms with Gasteiger partial charge in [0, 0.05) is 0 Å². The fourth-order valence-electron chi connectivity index (χ4n) is 1.92. The second-order valence-electron chi connectivity index (χ2n) is 3.62. The largest absolute Gasteiger partial charge is 0.291 e. The van der Waals surface area contributed by atoms with Gasteiger partial charge < -0.3 is 0 Å². The van der Waals surface area contributed by atoms with E-state index in [1.807, 2.05) is 19.9 Å². The fourth-order valence-corrected chi connectivity index (χ4v) is 2.98. The first-order chi connectivity index (χ1) is 5.82. The van der Waals surface area contributed by atoms with E-state index in [1.54, 1.807) is 6.92 Å². The van der Waals surface area contributed by atoms with Gasteiger partial charge in [0.05, 0.1) is 4.91 Å². The number of hydrogen-bond donors (Lipinski definition) is 1. The quantitative estimate of drug-likeness (QED) is 0.663. The molecular formula is C9H14O3S. The molecule has 0 aromatic carbocycles. The Kier molecular flexibility index (Phi) is 2.63.